The number of carbonyl (C=O) groups excluding carboxylic acids is 1. The van der Waals surface area contributed by atoms with Crippen LogP contribution in [0.3, 0.4) is 0 Å². The van der Waals surface area contributed by atoms with Crippen molar-refractivity contribution in [2.24, 2.45) is 5.73 Å². The zero-order valence-corrected chi connectivity index (χ0v) is 6.63. The Balaban J connectivity index is 2.52. The minimum atomic E-state index is -0.716. The molecule has 0 atom stereocenters. The van der Waals surface area contributed by atoms with Crippen LogP contribution in [-0.2, 0) is 14.3 Å². The molecule has 1 aliphatic rings. The average molecular weight is 159 g/mol. The average Bonchev–Trinajstić information content (AvgIpc) is 2.36. The summed E-state index contributed by atoms with van der Waals surface area (Å²) in [5.74, 6) is -1.10. The predicted octanol–water partition coefficient (Wildman–Crippen LogP) is 0.0149. The van der Waals surface area contributed by atoms with Gasteiger partial charge >= 0.3 is 0 Å². The Morgan fingerprint density at radius 2 is 2.09 bits per heavy atom. The van der Waals surface area contributed by atoms with Crippen molar-refractivity contribution in [3.8, 4) is 0 Å². The largest absolute Gasteiger partial charge is 0.370 e. The number of amides is 1. The van der Waals surface area contributed by atoms with E-state index >= 15 is 0 Å². The maximum absolute atomic E-state index is 10.6. The molecule has 1 fully saturated rings. The Hall–Kier alpha value is -0.610. The van der Waals surface area contributed by atoms with Crippen LogP contribution in [-0.4, -0.2) is 24.9 Å². The summed E-state index contributed by atoms with van der Waals surface area (Å²) in [6.07, 6.45) is 0.819. The first-order valence-electron chi connectivity index (χ1n) is 3.75. The number of ether oxygens (including phenoxy) is 2. The van der Waals surface area contributed by atoms with Gasteiger partial charge in [-0.1, -0.05) is 6.92 Å². The van der Waals surface area contributed by atoms with E-state index in [9.17, 15) is 4.79 Å². The van der Waals surface area contributed by atoms with Crippen LogP contribution >= 0.6 is 0 Å². The summed E-state index contributed by atoms with van der Waals surface area (Å²) in [5.41, 5.74) is 5.03. The summed E-state index contributed by atoms with van der Waals surface area (Å²) in [7, 11) is 0. The molecule has 4 heteroatoms. The molecule has 0 aliphatic carbocycles. The van der Waals surface area contributed by atoms with Gasteiger partial charge in [-0.15, -0.1) is 0 Å². The third-order valence-electron chi connectivity index (χ3n) is 1.80. The standard InChI is InChI=1S/C7H13NO3/c1-2-7(5-6(8)9)10-3-4-11-7/h2-5H2,1H3,(H2,8,9). The van der Waals surface area contributed by atoms with Crippen LogP contribution in [0.4, 0.5) is 0 Å². The fraction of sp³-hybridized carbons (Fsp3) is 0.857. The van der Waals surface area contributed by atoms with E-state index in [1.165, 1.54) is 0 Å². The van der Waals surface area contributed by atoms with Crippen LogP contribution in [0.1, 0.15) is 19.8 Å². The minimum Gasteiger partial charge on any atom is -0.370 e. The SMILES string of the molecule is CCC1(CC(N)=O)OCCO1. The van der Waals surface area contributed by atoms with E-state index in [0.29, 0.717) is 19.6 Å². The van der Waals surface area contributed by atoms with Gasteiger partial charge in [-0.3, -0.25) is 4.79 Å². The number of primary amides is 1. The van der Waals surface area contributed by atoms with E-state index in [-0.39, 0.29) is 12.3 Å². The van der Waals surface area contributed by atoms with E-state index in [2.05, 4.69) is 0 Å². The van der Waals surface area contributed by atoms with Crippen LogP contribution in [0.15, 0.2) is 0 Å². The third-order valence-corrected chi connectivity index (χ3v) is 1.80. The first-order valence-corrected chi connectivity index (χ1v) is 3.75. The highest BCUT2D eigenvalue weighted by Crippen LogP contribution is 2.26. The maximum Gasteiger partial charge on any atom is 0.222 e. The van der Waals surface area contributed by atoms with Crippen LogP contribution in [0.5, 0.6) is 0 Å². The van der Waals surface area contributed by atoms with Crippen molar-refractivity contribution in [3.05, 3.63) is 0 Å². The molecular formula is C7H13NO3. The van der Waals surface area contributed by atoms with Gasteiger partial charge in [-0.05, 0) is 6.42 Å². The van der Waals surface area contributed by atoms with Gasteiger partial charge < -0.3 is 15.2 Å². The monoisotopic (exact) mass is 159 g/mol. The van der Waals surface area contributed by atoms with Crippen molar-refractivity contribution in [1.29, 1.82) is 0 Å². The summed E-state index contributed by atoms with van der Waals surface area (Å²) in [6, 6.07) is 0. The maximum atomic E-state index is 10.6. The number of hydrogen-bond donors (Lipinski definition) is 1. The zero-order valence-electron chi connectivity index (χ0n) is 6.63. The summed E-state index contributed by atoms with van der Waals surface area (Å²) < 4.78 is 10.6. The van der Waals surface area contributed by atoms with Crippen LogP contribution in [0.25, 0.3) is 0 Å². The van der Waals surface area contributed by atoms with Crippen molar-refractivity contribution in [1.82, 2.24) is 0 Å². The molecule has 0 bridgehead atoms. The molecule has 1 rings (SSSR count). The van der Waals surface area contributed by atoms with Gasteiger partial charge in [0.2, 0.25) is 5.91 Å². The molecule has 0 saturated carbocycles. The van der Waals surface area contributed by atoms with Crippen LogP contribution in [0.2, 0.25) is 0 Å². The molecule has 0 aromatic carbocycles. The van der Waals surface area contributed by atoms with Crippen LogP contribution < -0.4 is 5.73 Å². The Kier molecular flexibility index (Phi) is 2.46. The van der Waals surface area contributed by atoms with E-state index in [4.69, 9.17) is 15.2 Å². The second kappa shape index (κ2) is 3.19. The number of nitrogens with two attached hydrogens (primary N) is 1. The zero-order chi connectivity index (χ0) is 8.32. The lowest BCUT2D eigenvalue weighted by Gasteiger charge is -2.23. The highest BCUT2D eigenvalue weighted by atomic mass is 16.7. The molecule has 1 amide bonds. The molecule has 0 radical (unpaired) electrons. The molecule has 0 aromatic rings. The van der Waals surface area contributed by atoms with Crippen molar-refractivity contribution < 1.29 is 14.3 Å². The Bertz CT molecular complexity index is 152. The van der Waals surface area contributed by atoms with Crippen molar-refractivity contribution >= 4 is 5.91 Å². The Labute approximate surface area is 65.7 Å². The number of carbonyl (C=O) groups is 1. The summed E-state index contributed by atoms with van der Waals surface area (Å²) in [6.45, 7) is 3.02. The Morgan fingerprint density at radius 3 is 2.45 bits per heavy atom. The van der Waals surface area contributed by atoms with E-state index in [0.717, 1.165) is 0 Å². The van der Waals surface area contributed by atoms with Gasteiger partial charge in [-0.2, -0.15) is 0 Å². The summed E-state index contributed by atoms with van der Waals surface area (Å²) >= 11 is 0. The molecular weight excluding hydrogens is 146 g/mol. The van der Waals surface area contributed by atoms with Gasteiger partial charge in [0.15, 0.2) is 5.79 Å². The predicted molar refractivity (Wildman–Crippen MR) is 38.7 cm³/mol. The minimum absolute atomic E-state index is 0.156. The van der Waals surface area contributed by atoms with Gasteiger partial charge in [0.1, 0.15) is 0 Å². The highest BCUT2D eigenvalue weighted by molar-refractivity contribution is 5.74. The van der Waals surface area contributed by atoms with Gasteiger partial charge in [0.25, 0.3) is 0 Å². The second-order valence-corrected chi connectivity index (χ2v) is 2.60. The molecule has 1 aliphatic heterocycles. The van der Waals surface area contributed by atoms with Crippen molar-refractivity contribution in [3.63, 3.8) is 0 Å². The van der Waals surface area contributed by atoms with Crippen molar-refractivity contribution in [2.75, 3.05) is 13.2 Å². The third kappa shape index (κ3) is 1.91. The molecule has 0 spiro atoms. The lowest BCUT2D eigenvalue weighted by molar-refractivity contribution is -0.169. The first kappa shape index (κ1) is 8.49. The lowest BCUT2D eigenvalue weighted by atomic mass is 10.1. The Morgan fingerprint density at radius 1 is 1.55 bits per heavy atom. The molecule has 4 nitrogen and oxygen atoms in total. The quantitative estimate of drug-likeness (QED) is 0.631. The smallest absolute Gasteiger partial charge is 0.222 e. The molecule has 11 heavy (non-hydrogen) atoms. The fourth-order valence-electron chi connectivity index (χ4n) is 1.19. The van der Waals surface area contributed by atoms with Gasteiger partial charge in [0.05, 0.1) is 19.6 Å². The van der Waals surface area contributed by atoms with Crippen LogP contribution in [0, 0.1) is 0 Å². The molecule has 1 heterocycles. The van der Waals surface area contributed by atoms with Crippen molar-refractivity contribution in [2.45, 2.75) is 25.6 Å². The second-order valence-electron chi connectivity index (χ2n) is 2.60. The lowest BCUT2D eigenvalue weighted by Crippen LogP contribution is -2.34. The van der Waals surface area contributed by atoms with E-state index < -0.39 is 5.79 Å². The van der Waals surface area contributed by atoms with Gasteiger partial charge in [0, 0.05) is 0 Å². The van der Waals surface area contributed by atoms with E-state index in [1.807, 2.05) is 6.92 Å². The summed E-state index contributed by atoms with van der Waals surface area (Å²) in [4.78, 5) is 10.6. The topological polar surface area (TPSA) is 61.6 Å². The normalized spacial score (nSPS) is 21.9. The molecule has 1 saturated heterocycles. The molecule has 0 aromatic heterocycles. The molecule has 2 N–H and O–H groups in total. The van der Waals surface area contributed by atoms with E-state index in [1.54, 1.807) is 0 Å². The van der Waals surface area contributed by atoms with Gasteiger partial charge in [-0.25, -0.2) is 0 Å². The summed E-state index contributed by atoms with van der Waals surface area (Å²) in [5, 5.41) is 0. The fourth-order valence-corrected chi connectivity index (χ4v) is 1.19. The number of hydrogen-bond acceptors (Lipinski definition) is 3. The highest BCUT2D eigenvalue weighted by Gasteiger charge is 2.36. The molecule has 64 valence electrons. The number of rotatable bonds is 3. The first-order chi connectivity index (χ1) is 5.18. The molecule has 0 unspecified atom stereocenters.